The molecule has 1 atom stereocenters. The molecule has 17 heavy (non-hydrogen) atoms. The van der Waals surface area contributed by atoms with Crippen LogP contribution in [0.3, 0.4) is 0 Å². The summed E-state index contributed by atoms with van der Waals surface area (Å²) in [6, 6.07) is 5.74. The molecule has 94 valence electrons. The lowest BCUT2D eigenvalue weighted by Gasteiger charge is -2.16. The van der Waals surface area contributed by atoms with Gasteiger partial charge in [-0.2, -0.15) is 0 Å². The third-order valence-corrected chi connectivity index (χ3v) is 3.67. The summed E-state index contributed by atoms with van der Waals surface area (Å²) in [4.78, 5) is 12.1. The van der Waals surface area contributed by atoms with E-state index in [1.165, 1.54) is 0 Å². The normalized spacial score (nSPS) is 12.7. The molecule has 4 heteroatoms. The van der Waals surface area contributed by atoms with Gasteiger partial charge in [0.1, 0.15) is 0 Å². The van der Waals surface area contributed by atoms with Gasteiger partial charge in [-0.1, -0.05) is 19.9 Å². The Morgan fingerprint density at radius 3 is 2.59 bits per heavy atom. The number of thioether (sulfide) groups is 1. The minimum absolute atomic E-state index is 0.128. The number of anilines is 1. The molecule has 0 radical (unpaired) electrons. The van der Waals surface area contributed by atoms with Crippen molar-refractivity contribution in [2.45, 2.75) is 25.2 Å². The molecule has 1 rings (SSSR count). The van der Waals surface area contributed by atoms with Crippen LogP contribution in [0.5, 0.6) is 0 Å². The number of carbonyl (C=O) groups is 1. The van der Waals surface area contributed by atoms with Crippen molar-refractivity contribution in [3.05, 3.63) is 23.8 Å². The second kappa shape index (κ2) is 5.96. The van der Waals surface area contributed by atoms with Crippen molar-refractivity contribution in [1.29, 1.82) is 0 Å². The number of rotatable bonds is 5. The summed E-state index contributed by atoms with van der Waals surface area (Å²) in [6.45, 7) is 3.87. The molecule has 0 fully saturated rings. The average molecular weight is 253 g/mol. The molecule has 3 nitrogen and oxygen atoms in total. The Bertz CT molecular complexity index is 404. The van der Waals surface area contributed by atoms with E-state index in [1.807, 2.05) is 38.3 Å². The summed E-state index contributed by atoms with van der Waals surface area (Å²) in [5.74, 6) is -0.946. The van der Waals surface area contributed by atoms with Crippen LogP contribution in [-0.2, 0) is 11.2 Å². The molecule has 0 aromatic heterocycles. The second-order valence-corrected chi connectivity index (χ2v) is 5.32. The summed E-state index contributed by atoms with van der Waals surface area (Å²) in [6.07, 6.45) is 2.52. The van der Waals surface area contributed by atoms with Crippen molar-refractivity contribution in [1.82, 2.24) is 0 Å². The summed E-state index contributed by atoms with van der Waals surface area (Å²) >= 11 is 1.58. The Labute approximate surface area is 106 Å². The van der Waals surface area contributed by atoms with E-state index in [4.69, 9.17) is 10.8 Å². The minimum atomic E-state index is -0.734. The molecule has 0 aliphatic rings. The SMILES string of the molecule is CSc1cc(CC(C(=O)O)C(C)C)ccc1N. The molecule has 3 N–H and O–H groups in total. The molecule has 0 heterocycles. The monoisotopic (exact) mass is 253 g/mol. The second-order valence-electron chi connectivity index (χ2n) is 4.47. The van der Waals surface area contributed by atoms with Crippen LogP contribution in [0, 0.1) is 11.8 Å². The van der Waals surface area contributed by atoms with Crippen LogP contribution in [0.2, 0.25) is 0 Å². The predicted molar refractivity (Wildman–Crippen MR) is 72.3 cm³/mol. The number of carboxylic acids is 1. The zero-order chi connectivity index (χ0) is 13.0. The average Bonchev–Trinajstić information content (AvgIpc) is 2.26. The van der Waals surface area contributed by atoms with E-state index in [1.54, 1.807) is 11.8 Å². The molecule has 1 aromatic carbocycles. The third kappa shape index (κ3) is 3.66. The zero-order valence-corrected chi connectivity index (χ0v) is 11.3. The molecule has 0 aliphatic heterocycles. The molecule has 0 aliphatic carbocycles. The van der Waals surface area contributed by atoms with Crippen LogP contribution in [0.1, 0.15) is 19.4 Å². The molecular weight excluding hydrogens is 234 g/mol. The zero-order valence-electron chi connectivity index (χ0n) is 10.4. The lowest BCUT2D eigenvalue weighted by Crippen LogP contribution is -2.22. The Morgan fingerprint density at radius 2 is 2.12 bits per heavy atom. The van der Waals surface area contributed by atoms with Gasteiger partial charge in [0.25, 0.3) is 0 Å². The summed E-state index contributed by atoms with van der Waals surface area (Å²) < 4.78 is 0. The lowest BCUT2D eigenvalue weighted by atomic mass is 9.89. The van der Waals surface area contributed by atoms with Crippen molar-refractivity contribution >= 4 is 23.4 Å². The van der Waals surface area contributed by atoms with E-state index in [-0.39, 0.29) is 11.8 Å². The Balaban J connectivity index is 2.90. The van der Waals surface area contributed by atoms with Crippen molar-refractivity contribution in [3.8, 4) is 0 Å². The Hall–Kier alpha value is -1.16. The summed E-state index contributed by atoms with van der Waals surface area (Å²) in [5, 5.41) is 9.16. The van der Waals surface area contributed by atoms with Crippen LogP contribution < -0.4 is 5.73 Å². The van der Waals surface area contributed by atoms with Gasteiger partial charge in [-0.3, -0.25) is 4.79 Å². The smallest absolute Gasteiger partial charge is 0.307 e. The van der Waals surface area contributed by atoms with Crippen molar-refractivity contribution in [2.24, 2.45) is 11.8 Å². The van der Waals surface area contributed by atoms with Gasteiger partial charge in [-0.05, 0) is 36.3 Å². The highest BCUT2D eigenvalue weighted by atomic mass is 32.2. The maximum Gasteiger partial charge on any atom is 0.307 e. The van der Waals surface area contributed by atoms with E-state index in [2.05, 4.69) is 0 Å². The molecule has 0 saturated carbocycles. The highest BCUT2D eigenvalue weighted by Gasteiger charge is 2.21. The first-order chi connectivity index (χ1) is 7.95. The maximum absolute atomic E-state index is 11.1. The molecule has 0 spiro atoms. The van der Waals surface area contributed by atoms with Crippen LogP contribution in [0.15, 0.2) is 23.1 Å². The van der Waals surface area contributed by atoms with E-state index in [9.17, 15) is 4.79 Å². The minimum Gasteiger partial charge on any atom is -0.481 e. The van der Waals surface area contributed by atoms with E-state index in [0.717, 1.165) is 16.1 Å². The topological polar surface area (TPSA) is 63.3 Å². The van der Waals surface area contributed by atoms with Crippen molar-refractivity contribution < 1.29 is 9.90 Å². The molecule has 1 aromatic rings. The van der Waals surface area contributed by atoms with Crippen molar-refractivity contribution in [3.63, 3.8) is 0 Å². The molecule has 0 amide bonds. The predicted octanol–water partition coefficient (Wildman–Crippen LogP) is 2.89. The lowest BCUT2D eigenvalue weighted by molar-refractivity contribution is -0.143. The van der Waals surface area contributed by atoms with Gasteiger partial charge in [0.2, 0.25) is 0 Å². The van der Waals surface area contributed by atoms with Gasteiger partial charge < -0.3 is 10.8 Å². The number of hydrogen-bond donors (Lipinski definition) is 2. The fourth-order valence-corrected chi connectivity index (χ4v) is 2.32. The standard InChI is InChI=1S/C13H19NO2S/c1-8(2)10(13(15)16)6-9-4-5-11(14)12(7-9)17-3/h4-5,7-8,10H,6,14H2,1-3H3,(H,15,16). The van der Waals surface area contributed by atoms with E-state index >= 15 is 0 Å². The van der Waals surface area contributed by atoms with Crippen LogP contribution in [-0.4, -0.2) is 17.3 Å². The summed E-state index contributed by atoms with van der Waals surface area (Å²) in [7, 11) is 0. The Kier molecular flexibility index (Phi) is 4.87. The molecule has 0 bridgehead atoms. The third-order valence-electron chi connectivity index (χ3n) is 2.88. The van der Waals surface area contributed by atoms with Crippen LogP contribution in [0.4, 0.5) is 5.69 Å². The molecular formula is C13H19NO2S. The summed E-state index contributed by atoms with van der Waals surface area (Å²) in [5.41, 5.74) is 7.59. The molecule has 1 unspecified atom stereocenters. The Morgan fingerprint density at radius 1 is 1.47 bits per heavy atom. The number of carboxylic acid groups (broad SMARTS) is 1. The maximum atomic E-state index is 11.1. The van der Waals surface area contributed by atoms with Gasteiger partial charge in [0.05, 0.1) is 5.92 Å². The first kappa shape index (κ1) is 13.9. The van der Waals surface area contributed by atoms with Gasteiger partial charge in [0.15, 0.2) is 0 Å². The van der Waals surface area contributed by atoms with Crippen LogP contribution in [0.25, 0.3) is 0 Å². The number of hydrogen-bond acceptors (Lipinski definition) is 3. The highest BCUT2D eigenvalue weighted by molar-refractivity contribution is 7.98. The van der Waals surface area contributed by atoms with E-state index in [0.29, 0.717) is 6.42 Å². The quantitative estimate of drug-likeness (QED) is 0.625. The van der Waals surface area contributed by atoms with Gasteiger partial charge >= 0.3 is 5.97 Å². The fourth-order valence-electron chi connectivity index (χ4n) is 1.74. The van der Waals surface area contributed by atoms with Gasteiger partial charge in [-0.15, -0.1) is 11.8 Å². The highest BCUT2D eigenvalue weighted by Crippen LogP contribution is 2.26. The largest absolute Gasteiger partial charge is 0.481 e. The number of nitrogens with two attached hydrogens (primary N) is 1. The molecule has 0 saturated heterocycles. The van der Waals surface area contributed by atoms with Crippen LogP contribution >= 0.6 is 11.8 Å². The number of benzene rings is 1. The van der Waals surface area contributed by atoms with E-state index < -0.39 is 5.97 Å². The first-order valence-corrected chi connectivity index (χ1v) is 6.83. The fraction of sp³-hybridized carbons (Fsp3) is 0.462. The number of nitrogen functional groups attached to an aromatic ring is 1. The first-order valence-electron chi connectivity index (χ1n) is 5.61. The number of aliphatic carboxylic acids is 1. The van der Waals surface area contributed by atoms with Crippen molar-refractivity contribution in [2.75, 3.05) is 12.0 Å². The van der Waals surface area contributed by atoms with Gasteiger partial charge in [0, 0.05) is 10.6 Å². The van der Waals surface area contributed by atoms with Gasteiger partial charge in [-0.25, -0.2) is 0 Å².